The Bertz CT molecular complexity index is 1250. The van der Waals surface area contributed by atoms with E-state index in [0.29, 0.717) is 23.3 Å². The molecule has 0 radical (unpaired) electrons. The molecule has 5 rings (SSSR count). The Morgan fingerprint density at radius 3 is 2.97 bits per heavy atom. The van der Waals surface area contributed by atoms with E-state index in [2.05, 4.69) is 20.4 Å². The van der Waals surface area contributed by atoms with Gasteiger partial charge >= 0.3 is 0 Å². The number of imidazole rings is 1. The quantitative estimate of drug-likeness (QED) is 0.566. The zero-order valence-electron chi connectivity index (χ0n) is 15.3. The van der Waals surface area contributed by atoms with Gasteiger partial charge in [0, 0.05) is 23.0 Å². The summed E-state index contributed by atoms with van der Waals surface area (Å²) in [5.74, 6) is -1.01. The van der Waals surface area contributed by atoms with Gasteiger partial charge in [0.15, 0.2) is 0 Å². The first-order valence-electron chi connectivity index (χ1n) is 9.03. The molecular weight excluding hydrogens is 380 g/mol. The summed E-state index contributed by atoms with van der Waals surface area (Å²) in [6.45, 7) is 1.56. The fraction of sp³-hybridized carbons (Fsp3) is 0.200. The number of hydrogen-bond acceptors (Lipinski definition) is 5. The molecule has 1 aliphatic rings. The molecule has 4 aromatic rings. The van der Waals surface area contributed by atoms with Gasteiger partial charge in [0.1, 0.15) is 23.3 Å². The Morgan fingerprint density at radius 1 is 1.34 bits per heavy atom. The van der Waals surface area contributed by atoms with Crippen molar-refractivity contribution in [2.75, 3.05) is 5.32 Å². The molecular formula is C20H15F2N5O2. The Labute approximate surface area is 163 Å². The predicted octanol–water partition coefficient (Wildman–Crippen LogP) is 3.91. The fourth-order valence-electron chi connectivity index (χ4n) is 3.15. The Morgan fingerprint density at radius 2 is 2.17 bits per heavy atom. The lowest BCUT2D eigenvalue weighted by atomic mass is 10.1. The number of pyridine rings is 1. The number of anilines is 1. The molecule has 1 saturated carbocycles. The van der Waals surface area contributed by atoms with Crippen LogP contribution in [0.5, 0.6) is 0 Å². The van der Waals surface area contributed by atoms with Crippen LogP contribution in [0.1, 0.15) is 34.3 Å². The number of amides is 1. The minimum Gasteiger partial charge on any atom is -0.339 e. The van der Waals surface area contributed by atoms with E-state index >= 15 is 0 Å². The largest absolute Gasteiger partial charge is 0.339 e. The first kappa shape index (κ1) is 17.5. The van der Waals surface area contributed by atoms with E-state index in [1.165, 1.54) is 12.3 Å². The van der Waals surface area contributed by atoms with Crippen LogP contribution in [0.2, 0.25) is 0 Å². The third-order valence-corrected chi connectivity index (χ3v) is 4.97. The van der Waals surface area contributed by atoms with Gasteiger partial charge in [-0.15, -0.1) is 0 Å². The summed E-state index contributed by atoms with van der Waals surface area (Å²) in [4.78, 5) is 21.1. The first-order valence-corrected chi connectivity index (χ1v) is 9.03. The summed E-state index contributed by atoms with van der Waals surface area (Å²) >= 11 is 0. The first-order chi connectivity index (χ1) is 14.0. The fourth-order valence-corrected chi connectivity index (χ4v) is 3.15. The van der Waals surface area contributed by atoms with Crippen LogP contribution in [0.25, 0.3) is 17.0 Å². The van der Waals surface area contributed by atoms with Crippen molar-refractivity contribution in [2.24, 2.45) is 0 Å². The second-order valence-electron chi connectivity index (χ2n) is 6.97. The highest BCUT2D eigenvalue weighted by molar-refractivity contribution is 6.04. The van der Waals surface area contributed by atoms with Crippen LogP contribution in [0.4, 0.5) is 14.5 Å². The second kappa shape index (κ2) is 6.47. The summed E-state index contributed by atoms with van der Waals surface area (Å²) < 4.78 is 34.4. The summed E-state index contributed by atoms with van der Waals surface area (Å²) in [7, 11) is 0. The van der Waals surface area contributed by atoms with Crippen LogP contribution < -0.4 is 5.32 Å². The molecule has 0 unspecified atom stereocenters. The number of carbonyl (C=O) groups is 1. The van der Waals surface area contributed by atoms with Crippen LogP contribution >= 0.6 is 0 Å². The topological polar surface area (TPSA) is 85.3 Å². The van der Waals surface area contributed by atoms with E-state index in [1.54, 1.807) is 35.7 Å². The molecule has 1 aliphatic carbocycles. The second-order valence-corrected chi connectivity index (χ2v) is 6.97. The number of aromatic nitrogens is 4. The van der Waals surface area contributed by atoms with Gasteiger partial charge < -0.3 is 9.84 Å². The normalized spacial score (nSPS) is 18.2. The number of benzene rings is 1. The average molecular weight is 395 g/mol. The molecule has 0 aliphatic heterocycles. The maximum absolute atomic E-state index is 14.5. The molecule has 7 nitrogen and oxygen atoms in total. The summed E-state index contributed by atoms with van der Waals surface area (Å²) in [6.07, 6.45) is 2.55. The van der Waals surface area contributed by atoms with Crippen molar-refractivity contribution in [1.82, 2.24) is 19.5 Å². The highest BCUT2D eigenvalue weighted by Crippen LogP contribution is 2.43. The van der Waals surface area contributed by atoms with Crippen molar-refractivity contribution in [3.63, 3.8) is 0 Å². The summed E-state index contributed by atoms with van der Waals surface area (Å²) in [5.41, 5.74) is 1.81. The van der Waals surface area contributed by atoms with Crippen molar-refractivity contribution in [1.29, 1.82) is 0 Å². The van der Waals surface area contributed by atoms with Crippen molar-refractivity contribution in [2.45, 2.75) is 25.4 Å². The maximum Gasteiger partial charge on any atom is 0.274 e. The van der Waals surface area contributed by atoms with Gasteiger partial charge in [-0.25, -0.2) is 13.8 Å². The summed E-state index contributed by atoms with van der Waals surface area (Å²) in [5, 5.41) is 6.54. The predicted molar refractivity (Wildman–Crippen MR) is 99.8 cm³/mol. The van der Waals surface area contributed by atoms with E-state index in [0.717, 1.165) is 0 Å². The van der Waals surface area contributed by atoms with Crippen LogP contribution in [0.15, 0.2) is 47.2 Å². The minimum atomic E-state index is -0.974. The van der Waals surface area contributed by atoms with Crippen LogP contribution in [-0.2, 0) is 0 Å². The lowest BCUT2D eigenvalue weighted by Crippen LogP contribution is -2.15. The third-order valence-electron chi connectivity index (χ3n) is 4.97. The van der Waals surface area contributed by atoms with Gasteiger partial charge in [-0.1, -0.05) is 11.2 Å². The molecule has 146 valence electrons. The molecule has 0 spiro atoms. The third kappa shape index (κ3) is 3.04. The van der Waals surface area contributed by atoms with Gasteiger partial charge in [0.05, 0.1) is 12.1 Å². The Hall–Kier alpha value is -3.62. The van der Waals surface area contributed by atoms with Crippen LogP contribution in [-0.4, -0.2) is 31.6 Å². The molecule has 2 atom stereocenters. The lowest BCUT2D eigenvalue weighted by molar-refractivity contribution is 0.102. The average Bonchev–Trinajstić information content (AvgIpc) is 3.12. The standard InChI is InChI=1S/C20H15F2N5O2/c1-10-13(21)6-11(18-25-20(29-26-18)12-8-14(12)22)7-15(10)24-19(28)16-9-23-17-4-2-3-5-27(16)17/h2-7,9,12,14H,8H2,1H3,(H,24,28)/t12-,14-/m1/s1. The number of hydrogen-bond donors (Lipinski definition) is 1. The minimum absolute atomic E-state index is 0.142. The number of rotatable bonds is 4. The molecule has 1 amide bonds. The Balaban J connectivity index is 1.47. The van der Waals surface area contributed by atoms with Crippen LogP contribution in [0, 0.1) is 12.7 Å². The highest BCUT2D eigenvalue weighted by Gasteiger charge is 2.43. The van der Waals surface area contributed by atoms with Crippen molar-refractivity contribution < 1.29 is 18.1 Å². The number of carbonyl (C=O) groups excluding carboxylic acids is 1. The molecule has 29 heavy (non-hydrogen) atoms. The van der Waals surface area contributed by atoms with Gasteiger partial charge in [0.2, 0.25) is 11.7 Å². The Kier molecular flexibility index (Phi) is 3.90. The van der Waals surface area contributed by atoms with Gasteiger partial charge in [-0.05, 0) is 37.6 Å². The number of halogens is 2. The maximum atomic E-state index is 14.5. The molecule has 1 aromatic carbocycles. The van der Waals surface area contributed by atoms with Crippen LogP contribution in [0.3, 0.4) is 0 Å². The van der Waals surface area contributed by atoms with E-state index in [9.17, 15) is 13.6 Å². The summed E-state index contributed by atoms with van der Waals surface area (Å²) in [6, 6.07) is 8.20. The van der Waals surface area contributed by atoms with E-state index < -0.39 is 17.9 Å². The molecule has 0 saturated heterocycles. The van der Waals surface area contributed by atoms with Gasteiger partial charge in [-0.2, -0.15) is 4.98 Å². The molecule has 3 aromatic heterocycles. The lowest BCUT2D eigenvalue weighted by Gasteiger charge is -2.10. The zero-order valence-corrected chi connectivity index (χ0v) is 15.3. The van der Waals surface area contributed by atoms with E-state index in [1.807, 2.05) is 6.07 Å². The van der Waals surface area contributed by atoms with Crippen molar-refractivity contribution >= 4 is 17.2 Å². The molecule has 1 fully saturated rings. The number of nitrogens with zero attached hydrogens (tertiary/aromatic N) is 4. The van der Waals surface area contributed by atoms with Crippen molar-refractivity contribution in [3.05, 3.63) is 65.7 Å². The molecule has 1 N–H and O–H groups in total. The van der Waals surface area contributed by atoms with Gasteiger partial charge in [-0.3, -0.25) is 9.20 Å². The van der Waals surface area contributed by atoms with E-state index in [-0.39, 0.29) is 28.9 Å². The monoisotopic (exact) mass is 395 g/mol. The number of fused-ring (bicyclic) bond motifs is 1. The molecule has 9 heteroatoms. The molecule has 3 heterocycles. The zero-order chi connectivity index (χ0) is 20.1. The highest BCUT2D eigenvalue weighted by atomic mass is 19.1. The molecule has 0 bridgehead atoms. The smallest absolute Gasteiger partial charge is 0.274 e. The van der Waals surface area contributed by atoms with Gasteiger partial charge in [0.25, 0.3) is 5.91 Å². The number of nitrogens with one attached hydrogen (secondary N) is 1. The SMILES string of the molecule is Cc1c(F)cc(-c2noc([C@@H]3C[C@H]3F)n2)cc1NC(=O)c1cnc2ccccn12. The van der Waals surface area contributed by atoms with Crippen molar-refractivity contribution in [3.8, 4) is 11.4 Å². The number of alkyl halides is 1. The van der Waals surface area contributed by atoms with E-state index in [4.69, 9.17) is 4.52 Å².